The summed E-state index contributed by atoms with van der Waals surface area (Å²) in [6, 6.07) is 21.2. The van der Waals surface area contributed by atoms with E-state index in [0.29, 0.717) is 11.3 Å². The minimum atomic E-state index is -0.869. The maximum absolute atomic E-state index is 12.6. The number of hydrogen-bond acceptors (Lipinski definition) is 9. The van der Waals surface area contributed by atoms with Gasteiger partial charge in [-0.3, -0.25) is 29.8 Å². The van der Waals surface area contributed by atoms with Crippen LogP contribution >= 0.6 is 0 Å². The minimum absolute atomic E-state index is 0.00801. The van der Waals surface area contributed by atoms with Crippen LogP contribution in [0.1, 0.15) is 42.2 Å². The second-order valence-corrected chi connectivity index (χ2v) is 8.77. The van der Waals surface area contributed by atoms with Crippen molar-refractivity contribution >= 4 is 41.1 Å². The van der Waals surface area contributed by atoms with Crippen molar-refractivity contribution < 1.29 is 29.0 Å². The molecule has 0 fully saturated rings. The first-order chi connectivity index (χ1) is 20.1. The SMILES string of the molecule is Cc1ccc(C(=O)Nc2ccc(C(=O)N/N=C/c3cc([N+](=O)[O-])ccc3OC(=O)c3ccc([N+](=O)[O-])cc3)cc2)cc1. The van der Waals surface area contributed by atoms with Crippen LogP contribution in [0.5, 0.6) is 5.75 Å². The van der Waals surface area contributed by atoms with E-state index in [9.17, 15) is 34.6 Å². The second-order valence-electron chi connectivity index (χ2n) is 8.77. The van der Waals surface area contributed by atoms with Crippen molar-refractivity contribution in [3.8, 4) is 5.75 Å². The third-order valence-electron chi connectivity index (χ3n) is 5.81. The van der Waals surface area contributed by atoms with Crippen molar-refractivity contribution in [3.05, 3.63) is 139 Å². The van der Waals surface area contributed by atoms with Gasteiger partial charge in [-0.15, -0.1) is 0 Å². The first-order valence-corrected chi connectivity index (χ1v) is 12.2. The lowest BCUT2D eigenvalue weighted by atomic mass is 10.1. The molecule has 42 heavy (non-hydrogen) atoms. The Morgan fingerprint density at radius 1 is 0.738 bits per heavy atom. The van der Waals surface area contributed by atoms with Crippen molar-refractivity contribution in [1.82, 2.24) is 5.43 Å². The zero-order valence-electron chi connectivity index (χ0n) is 21.8. The molecule has 13 heteroatoms. The normalized spacial score (nSPS) is 10.6. The highest BCUT2D eigenvalue weighted by Gasteiger charge is 2.16. The number of nitrogens with zero attached hydrogens (tertiary/aromatic N) is 3. The van der Waals surface area contributed by atoms with Crippen LogP contribution in [0.15, 0.2) is 96.1 Å². The number of nitro benzene ring substituents is 2. The van der Waals surface area contributed by atoms with E-state index in [0.717, 1.165) is 36.0 Å². The molecule has 0 saturated heterocycles. The summed E-state index contributed by atoms with van der Waals surface area (Å²) in [5.41, 5.74) is 3.95. The fourth-order valence-electron chi connectivity index (χ4n) is 3.56. The largest absolute Gasteiger partial charge is 0.422 e. The molecule has 0 saturated carbocycles. The Labute approximate surface area is 237 Å². The van der Waals surface area contributed by atoms with Gasteiger partial charge in [0.05, 0.1) is 21.6 Å². The number of hydrogen-bond donors (Lipinski definition) is 2. The number of carbonyl (C=O) groups excluding carboxylic acids is 3. The number of carbonyl (C=O) groups is 3. The van der Waals surface area contributed by atoms with E-state index in [1.165, 1.54) is 30.3 Å². The number of ether oxygens (including phenoxy) is 1. The standard InChI is InChI=1S/C29H21N5O8/c1-18-2-4-19(5-3-18)27(35)31-23-10-6-20(7-11-23)28(36)32-30-17-22-16-25(34(40)41)14-15-26(22)42-29(37)21-8-12-24(13-9-21)33(38)39/h2-17H,1H3,(H,31,35)(H,32,36)/b30-17+. The molecule has 0 atom stereocenters. The predicted octanol–water partition coefficient (Wildman–Crippen LogP) is 5.05. The molecule has 0 aromatic heterocycles. The van der Waals surface area contributed by atoms with Crippen LogP contribution in [0.25, 0.3) is 0 Å². The number of esters is 1. The molecule has 2 N–H and O–H groups in total. The number of rotatable bonds is 9. The van der Waals surface area contributed by atoms with Gasteiger partial charge >= 0.3 is 5.97 Å². The summed E-state index contributed by atoms with van der Waals surface area (Å²) >= 11 is 0. The van der Waals surface area contributed by atoms with E-state index in [1.54, 1.807) is 24.3 Å². The van der Waals surface area contributed by atoms with Gasteiger partial charge in [-0.05, 0) is 61.5 Å². The quantitative estimate of drug-likeness (QED) is 0.0925. The Hall–Kier alpha value is -6.24. The molecule has 0 heterocycles. The van der Waals surface area contributed by atoms with Crippen molar-refractivity contribution in [2.75, 3.05) is 5.32 Å². The molecule has 0 bridgehead atoms. The Kier molecular flexibility index (Phi) is 8.73. The number of aryl methyl sites for hydroxylation is 1. The molecular weight excluding hydrogens is 546 g/mol. The molecule has 0 aliphatic carbocycles. The third kappa shape index (κ3) is 7.24. The Balaban J connectivity index is 1.43. The Bertz CT molecular complexity index is 1700. The van der Waals surface area contributed by atoms with Gasteiger partial charge in [0.25, 0.3) is 23.2 Å². The Morgan fingerprint density at radius 3 is 1.90 bits per heavy atom. The molecule has 4 aromatic carbocycles. The highest BCUT2D eigenvalue weighted by Crippen LogP contribution is 2.24. The highest BCUT2D eigenvalue weighted by atomic mass is 16.6. The van der Waals surface area contributed by atoms with Gasteiger partial charge in [-0.25, -0.2) is 10.2 Å². The van der Waals surface area contributed by atoms with Gasteiger partial charge in [-0.1, -0.05) is 17.7 Å². The second kappa shape index (κ2) is 12.7. The first kappa shape index (κ1) is 28.8. The zero-order valence-corrected chi connectivity index (χ0v) is 21.8. The van der Waals surface area contributed by atoms with E-state index in [2.05, 4.69) is 15.8 Å². The van der Waals surface area contributed by atoms with E-state index < -0.39 is 21.7 Å². The maximum atomic E-state index is 12.6. The predicted molar refractivity (Wildman–Crippen MR) is 152 cm³/mol. The lowest BCUT2D eigenvalue weighted by molar-refractivity contribution is -0.385. The summed E-state index contributed by atoms with van der Waals surface area (Å²) in [6.45, 7) is 1.91. The van der Waals surface area contributed by atoms with E-state index in [-0.39, 0.29) is 39.7 Å². The van der Waals surface area contributed by atoms with Crippen molar-refractivity contribution in [2.24, 2.45) is 5.10 Å². The van der Waals surface area contributed by atoms with Crippen LogP contribution in [0, 0.1) is 27.2 Å². The number of non-ortho nitro benzene ring substituents is 2. The van der Waals surface area contributed by atoms with E-state index in [1.807, 2.05) is 19.1 Å². The fraction of sp³-hybridized carbons (Fsp3) is 0.0345. The van der Waals surface area contributed by atoms with Crippen LogP contribution in [-0.2, 0) is 0 Å². The summed E-state index contributed by atoms with van der Waals surface area (Å²) in [5.74, 6) is -1.89. The van der Waals surface area contributed by atoms with Crippen LogP contribution in [0.2, 0.25) is 0 Å². The lowest BCUT2D eigenvalue weighted by Crippen LogP contribution is -2.18. The van der Waals surface area contributed by atoms with Gasteiger partial charge in [-0.2, -0.15) is 5.10 Å². The van der Waals surface area contributed by atoms with Gasteiger partial charge in [0.2, 0.25) is 0 Å². The average molecular weight is 568 g/mol. The maximum Gasteiger partial charge on any atom is 0.343 e. The molecule has 0 spiro atoms. The molecule has 2 amide bonds. The zero-order chi connectivity index (χ0) is 30.2. The minimum Gasteiger partial charge on any atom is -0.422 e. The lowest BCUT2D eigenvalue weighted by Gasteiger charge is -2.08. The Morgan fingerprint density at radius 2 is 1.29 bits per heavy atom. The molecule has 4 aromatic rings. The van der Waals surface area contributed by atoms with Crippen molar-refractivity contribution in [2.45, 2.75) is 6.92 Å². The number of anilines is 1. The van der Waals surface area contributed by atoms with Crippen LogP contribution in [0.3, 0.4) is 0 Å². The molecule has 0 aliphatic heterocycles. The van der Waals surface area contributed by atoms with Gasteiger partial charge in [0.15, 0.2) is 0 Å². The van der Waals surface area contributed by atoms with Crippen molar-refractivity contribution in [3.63, 3.8) is 0 Å². The summed E-state index contributed by atoms with van der Waals surface area (Å²) in [7, 11) is 0. The molecule has 4 rings (SSSR count). The highest BCUT2D eigenvalue weighted by molar-refractivity contribution is 6.04. The van der Waals surface area contributed by atoms with Gasteiger partial charge < -0.3 is 10.1 Å². The molecule has 0 unspecified atom stereocenters. The van der Waals surface area contributed by atoms with Gasteiger partial charge in [0.1, 0.15) is 5.75 Å². The van der Waals surface area contributed by atoms with E-state index in [4.69, 9.17) is 4.74 Å². The monoisotopic (exact) mass is 567 g/mol. The summed E-state index contributed by atoms with van der Waals surface area (Å²) in [4.78, 5) is 58.3. The number of amides is 2. The smallest absolute Gasteiger partial charge is 0.343 e. The number of nitrogens with one attached hydrogen (secondary N) is 2. The third-order valence-corrected chi connectivity index (χ3v) is 5.81. The molecule has 13 nitrogen and oxygen atoms in total. The topological polar surface area (TPSA) is 183 Å². The van der Waals surface area contributed by atoms with Crippen molar-refractivity contribution in [1.29, 1.82) is 0 Å². The molecular formula is C29H21N5O8. The molecule has 210 valence electrons. The number of nitro groups is 2. The summed E-state index contributed by atoms with van der Waals surface area (Å²) < 4.78 is 5.32. The summed E-state index contributed by atoms with van der Waals surface area (Å²) in [6.07, 6.45) is 1.07. The number of hydrazone groups is 1. The fourth-order valence-corrected chi connectivity index (χ4v) is 3.56. The van der Waals surface area contributed by atoms with Crippen LogP contribution < -0.4 is 15.5 Å². The average Bonchev–Trinajstić information content (AvgIpc) is 2.98. The molecule has 0 aliphatic rings. The summed E-state index contributed by atoms with van der Waals surface area (Å²) in [5, 5.41) is 28.6. The van der Waals surface area contributed by atoms with Crippen LogP contribution in [-0.4, -0.2) is 33.8 Å². The number of benzene rings is 4. The van der Waals surface area contributed by atoms with Gasteiger partial charge in [0, 0.05) is 46.6 Å². The van der Waals surface area contributed by atoms with Crippen LogP contribution in [0.4, 0.5) is 17.1 Å². The molecule has 0 radical (unpaired) electrons. The van der Waals surface area contributed by atoms with E-state index >= 15 is 0 Å². The first-order valence-electron chi connectivity index (χ1n) is 12.2.